The van der Waals surface area contributed by atoms with Crippen LogP contribution in [0.25, 0.3) is 10.9 Å². The molecule has 1 saturated heterocycles. The fourth-order valence-corrected chi connectivity index (χ4v) is 4.84. The third kappa shape index (κ3) is 4.66. The van der Waals surface area contributed by atoms with Crippen LogP contribution in [0.2, 0.25) is 0 Å². The summed E-state index contributed by atoms with van der Waals surface area (Å²) in [5, 5.41) is 3.26. The Bertz CT molecular complexity index is 1120. The maximum atomic E-state index is 12.8. The number of nitrogens with zero attached hydrogens (tertiary/aromatic N) is 3. The van der Waals surface area contributed by atoms with Gasteiger partial charge >= 0.3 is 0 Å². The average molecular weight is 425 g/mol. The highest BCUT2D eigenvalue weighted by Crippen LogP contribution is 2.19. The highest BCUT2D eigenvalue weighted by Gasteiger charge is 2.17. The maximum absolute atomic E-state index is 12.8. The molecule has 0 bridgehead atoms. The minimum Gasteiger partial charge on any atom is -0.325 e. The average Bonchev–Trinajstić information content (AvgIpc) is 3.05. The molecule has 0 aliphatic carbocycles. The summed E-state index contributed by atoms with van der Waals surface area (Å²) in [6.07, 6.45) is 5.91. The van der Waals surface area contributed by atoms with Gasteiger partial charge < -0.3 is 5.32 Å². The summed E-state index contributed by atoms with van der Waals surface area (Å²) in [6, 6.07) is 14.1. The first-order valence-electron chi connectivity index (χ1n) is 10.1. The van der Waals surface area contributed by atoms with Crippen LogP contribution in [0.4, 0.5) is 5.69 Å². The quantitative estimate of drug-likeness (QED) is 0.683. The molecule has 0 saturated carbocycles. The molecule has 1 aliphatic heterocycles. The number of fused-ring (bicyclic) bond motifs is 1. The number of carbonyl (C=O) groups is 1. The zero-order valence-corrected chi connectivity index (χ0v) is 17.4. The highest BCUT2D eigenvalue weighted by molar-refractivity contribution is 7.82. The molecule has 3 aromatic rings. The normalized spacial score (nSPS) is 16.1. The molecule has 2 heterocycles. The van der Waals surface area contributed by atoms with E-state index in [0.29, 0.717) is 16.6 Å². The van der Waals surface area contributed by atoms with Crippen LogP contribution in [0.5, 0.6) is 0 Å². The molecule has 156 valence electrons. The molecule has 7 nitrogen and oxygen atoms in total. The summed E-state index contributed by atoms with van der Waals surface area (Å²) in [6.45, 7) is 1.57. The lowest BCUT2D eigenvalue weighted by atomic mass is 10.2. The van der Waals surface area contributed by atoms with Crippen LogP contribution in [0.1, 0.15) is 25.7 Å². The molecule has 0 radical (unpaired) electrons. The van der Waals surface area contributed by atoms with Crippen molar-refractivity contribution >= 4 is 33.5 Å². The fraction of sp³-hybridized carbons (Fsp3) is 0.318. The molecule has 1 N–H and O–H groups in total. The Morgan fingerprint density at radius 2 is 1.70 bits per heavy atom. The summed E-state index contributed by atoms with van der Waals surface area (Å²) in [5.41, 5.74) is 0.949. The number of para-hydroxylation sites is 1. The van der Waals surface area contributed by atoms with E-state index in [1.54, 1.807) is 42.5 Å². The first kappa shape index (κ1) is 20.4. The Balaban J connectivity index is 1.41. The molecule has 30 heavy (non-hydrogen) atoms. The van der Waals surface area contributed by atoms with Gasteiger partial charge in [0.25, 0.3) is 5.56 Å². The Morgan fingerprint density at radius 3 is 2.43 bits per heavy atom. The number of hydrogen-bond acceptors (Lipinski definition) is 4. The van der Waals surface area contributed by atoms with Gasteiger partial charge in [-0.15, -0.1) is 0 Å². The third-order valence-corrected chi connectivity index (χ3v) is 6.69. The second-order valence-electron chi connectivity index (χ2n) is 7.36. The monoisotopic (exact) mass is 424 g/mol. The number of benzene rings is 2. The summed E-state index contributed by atoms with van der Waals surface area (Å²) in [4.78, 5) is 29.9. The molecular formula is C22H24N4O3S. The molecule has 4 rings (SSSR count). The maximum Gasteiger partial charge on any atom is 0.261 e. The Hall–Kier alpha value is -2.84. The molecule has 1 aromatic heterocycles. The van der Waals surface area contributed by atoms with Crippen LogP contribution in [0.15, 0.2) is 64.5 Å². The van der Waals surface area contributed by atoms with Gasteiger partial charge in [-0.1, -0.05) is 25.0 Å². The Kier molecular flexibility index (Phi) is 6.35. The summed E-state index contributed by atoms with van der Waals surface area (Å²) >= 11 is 0. The molecular weight excluding hydrogens is 400 g/mol. The van der Waals surface area contributed by atoms with Crippen molar-refractivity contribution in [2.24, 2.45) is 0 Å². The van der Waals surface area contributed by atoms with Gasteiger partial charge in [0, 0.05) is 18.8 Å². The van der Waals surface area contributed by atoms with Crippen molar-refractivity contribution in [3.05, 3.63) is 65.2 Å². The largest absolute Gasteiger partial charge is 0.325 e. The molecule has 1 atom stereocenters. The lowest BCUT2D eigenvalue weighted by Crippen LogP contribution is -2.28. The van der Waals surface area contributed by atoms with Crippen molar-refractivity contribution in [1.29, 1.82) is 0 Å². The van der Waals surface area contributed by atoms with Crippen molar-refractivity contribution in [2.45, 2.75) is 37.1 Å². The van der Waals surface area contributed by atoms with E-state index in [1.165, 1.54) is 23.7 Å². The smallest absolute Gasteiger partial charge is 0.261 e. The molecule has 1 fully saturated rings. The van der Waals surface area contributed by atoms with Gasteiger partial charge in [0.05, 0.1) is 22.1 Å². The Morgan fingerprint density at radius 1 is 1.00 bits per heavy atom. The van der Waals surface area contributed by atoms with E-state index in [4.69, 9.17) is 0 Å². The molecule has 8 heteroatoms. The third-order valence-electron chi connectivity index (χ3n) is 5.18. The number of anilines is 1. The summed E-state index contributed by atoms with van der Waals surface area (Å²) < 4.78 is 16.1. The van der Waals surface area contributed by atoms with Crippen molar-refractivity contribution in [3.8, 4) is 0 Å². The van der Waals surface area contributed by atoms with Crippen LogP contribution in [-0.2, 0) is 22.3 Å². The zero-order valence-electron chi connectivity index (χ0n) is 16.6. The van der Waals surface area contributed by atoms with Gasteiger partial charge in [0.15, 0.2) is 0 Å². The van der Waals surface area contributed by atoms with Crippen molar-refractivity contribution in [3.63, 3.8) is 0 Å². The number of rotatable bonds is 5. The van der Waals surface area contributed by atoms with E-state index in [2.05, 4.69) is 10.3 Å². The standard InChI is InChI=1S/C22H24N4O3S/c27-21(15-25-16-23-20-8-4-3-7-19(20)22(25)28)24-17-9-11-18(12-10-17)30(29)26-13-5-1-2-6-14-26/h3-4,7-12,16H,1-2,5-6,13-15H2,(H,24,27). The molecule has 1 aliphatic rings. The van der Waals surface area contributed by atoms with Crippen LogP contribution >= 0.6 is 0 Å². The summed E-state index contributed by atoms with van der Waals surface area (Å²) in [7, 11) is -1.18. The lowest BCUT2D eigenvalue weighted by molar-refractivity contribution is -0.116. The van der Waals surface area contributed by atoms with Gasteiger partial charge in [-0.3, -0.25) is 14.2 Å². The molecule has 1 amide bonds. The van der Waals surface area contributed by atoms with Crippen molar-refractivity contribution in [2.75, 3.05) is 18.4 Å². The molecule has 2 aromatic carbocycles. The Labute approximate surface area is 177 Å². The lowest BCUT2D eigenvalue weighted by Gasteiger charge is -2.18. The number of aromatic nitrogens is 2. The van der Waals surface area contributed by atoms with Crippen LogP contribution < -0.4 is 10.9 Å². The fourth-order valence-electron chi connectivity index (χ4n) is 3.59. The first-order valence-corrected chi connectivity index (χ1v) is 11.2. The molecule has 1 unspecified atom stereocenters. The zero-order chi connectivity index (χ0) is 20.9. The number of hydrogen-bond donors (Lipinski definition) is 1. The van der Waals surface area contributed by atoms with E-state index >= 15 is 0 Å². The summed E-state index contributed by atoms with van der Waals surface area (Å²) in [5.74, 6) is -0.324. The SMILES string of the molecule is O=C(Cn1cnc2ccccc2c1=O)Nc1ccc(S(=O)N2CCCCCC2)cc1. The first-order chi connectivity index (χ1) is 14.6. The van der Waals surface area contributed by atoms with Crippen LogP contribution in [0, 0.1) is 0 Å². The predicted octanol–water partition coefficient (Wildman–Crippen LogP) is 2.93. The van der Waals surface area contributed by atoms with Gasteiger partial charge in [0.1, 0.15) is 17.5 Å². The number of carbonyl (C=O) groups excluding carboxylic acids is 1. The minimum absolute atomic E-state index is 0.127. The second-order valence-corrected chi connectivity index (χ2v) is 8.85. The van der Waals surface area contributed by atoms with E-state index in [9.17, 15) is 13.8 Å². The van der Waals surface area contributed by atoms with Crippen LogP contribution in [0.3, 0.4) is 0 Å². The van der Waals surface area contributed by atoms with E-state index < -0.39 is 11.0 Å². The van der Waals surface area contributed by atoms with Gasteiger partial charge in [-0.25, -0.2) is 13.5 Å². The van der Waals surface area contributed by atoms with Crippen LogP contribution in [-0.4, -0.2) is 37.1 Å². The van der Waals surface area contributed by atoms with E-state index in [0.717, 1.165) is 30.8 Å². The van der Waals surface area contributed by atoms with Gasteiger partial charge in [-0.05, 0) is 49.2 Å². The van der Waals surface area contributed by atoms with Crippen molar-refractivity contribution < 1.29 is 9.00 Å². The van der Waals surface area contributed by atoms with Gasteiger partial charge in [0.2, 0.25) is 5.91 Å². The minimum atomic E-state index is -1.18. The highest BCUT2D eigenvalue weighted by atomic mass is 32.2. The van der Waals surface area contributed by atoms with Crippen molar-refractivity contribution in [1.82, 2.24) is 13.9 Å². The van der Waals surface area contributed by atoms with E-state index in [1.807, 2.05) is 10.4 Å². The predicted molar refractivity (Wildman–Crippen MR) is 118 cm³/mol. The topological polar surface area (TPSA) is 84.3 Å². The number of nitrogens with one attached hydrogen (secondary N) is 1. The van der Waals surface area contributed by atoms with E-state index in [-0.39, 0.29) is 18.0 Å². The molecule has 0 spiro atoms. The van der Waals surface area contributed by atoms with Gasteiger partial charge in [-0.2, -0.15) is 0 Å². The number of amides is 1. The second kappa shape index (κ2) is 9.32.